The maximum Gasteiger partial charge on any atom is 0.193 e. The van der Waals surface area contributed by atoms with E-state index in [1.165, 1.54) is 12.1 Å². The summed E-state index contributed by atoms with van der Waals surface area (Å²) in [5.41, 5.74) is 4.69. The fourth-order valence-electron chi connectivity index (χ4n) is 4.96. The van der Waals surface area contributed by atoms with Crippen molar-refractivity contribution >= 4 is 33.3 Å². The molecule has 0 spiro atoms. The number of fused-ring (bicyclic) bond motifs is 2. The van der Waals surface area contributed by atoms with Crippen LogP contribution in [-0.2, 0) is 0 Å². The van der Waals surface area contributed by atoms with Crippen LogP contribution >= 0.6 is 0 Å². The van der Waals surface area contributed by atoms with Crippen molar-refractivity contribution in [1.29, 1.82) is 0 Å². The first-order chi connectivity index (χ1) is 23.2. The quantitative estimate of drug-likeness (QED) is 0.144. The molecule has 0 aliphatic heterocycles. The van der Waals surface area contributed by atoms with Crippen molar-refractivity contribution < 1.29 is 27.4 Å². The SMILES string of the molecule is CCCOc1ccc2oc(-c3ccc(N(C)C)cc3)cc(=O)c2c1.CN(C)c1ccc(-c2cc(=O)c3cc(OCC[18F])ccc3o2)cc1.F. The summed E-state index contributed by atoms with van der Waals surface area (Å²) < 4.78 is 34.7. The summed E-state index contributed by atoms with van der Waals surface area (Å²) in [6, 6.07) is 29.0. The first-order valence-electron chi connectivity index (χ1n) is 15.7. The molecule has 10 heteroatoms. The monoisotopic (exact) mass is 669 g/mol. The van der Waals surface area contributed by atoms with Crippen LogP contribution in [0.1, 0.15) is 13.3 Å². The highest BCUT2D eigenvalue weighted by Gasteiger charge is 2.10. The number of ether oxygens (including phenoxy) is 2. The van der Waals surface area contributed by atoms with Gasteiger partial charge in [0.25, 0.3) is 0 Å². The zero-order valence-electron chi connectivity index (χ0n) is 28.2. The minimum absolute atomic E-state index is 0. The molecule has 256 valence electrons. The number of halogens is 2. The normalized spacial score (nSPS) is 10.6. The van der Waals surface area contributed by atoms with Gasteiger partial charge in [-0.05, 0) is 91.3 Å². The van der Waals surface area contributed by atoms with E-state index in [2.05, 4.69) is 0 Å². The molecule has 6 aromatic rings. The molecule has 0 aliphatic rings. The third-order valence-electron chi connectivity index (χ3n) is 7.55. The molecular formula is C39H40F2N2O6. The van der Waals surface area contributed by atoms with Crippen molar-refractivity contribution in [3.05, 3.63) is 118 Å². The van der Waals surface area contributed by atoms with Crippen molar-refractivity contribution in [2.75, 3.05) is 57.9 Å². The second-order valence-electron chi connectivity index (χ2n) is 11.5. The molecule has 8 nitrogen and oxygen atoms in total. The van der Waals surface area contributed by atoms with Crippen LogP contribution in [0.15, 0.2) is 115 Å². The van der Waals surface area contributed by atoms with E-state index in [0.29, 0.717) is 51.6 Å². The highest BCUT2D eigenvalue weighted by atomic mass is 19.0. The van der Waals surface area contributed by atoms with Crippen LogP contribution < -0.4 is 30.1 Å². The summed E-state index contributed by atoms with van der Waals surface area (Å²) in [6.07, 6.45) is 0.925. The van der Waals surface area contributed by atoms with Crippen molar-refractivity contribution in [2.45, 2.75) is 13.3 Å². The average molecular weight is 670 g/mol. The molecule has 4 aromatic carbocycles. The molecule has 0 radical (unpaired) electrons. The minimum atomic E-state index is -0.575. The summed E-state index contributed by atoms with van der Waals surface area (Å²) in [7, 11) is 7.91. The van der Waals surface area contributed by atoms with Gasteiger partial charge >= 0.3 is 0 Å². The van der Waals surface area contributed by atoms with Crippen LogP contribution in [0.5, 0.6) is 11.5 Å². The Morgan fingerprint density at radius 2 is 1.00 bits per heavy atom. The molecule has 0 saturated heterocycles. The van der Waals surface area contributed by atoms with Crippen molar-refractivity contribution in [1.82, 2.24) is 0 Å². The fraction of sp³-hybridized carbons (Fsp3) is 0.231. The van der Waals surface area contributed by atoms with E-state index in [9.17, 15) is 14.0 Å². The number of rotatable bonds is 10. The van der Waals surface area contributed by atoms with Gasteiger partial charge in [0.1, 0.15) is 47.5 Å². The Bertz CT molecular complexity index is 1950. The maximum absolute atomic E-state index is 12.5. The van der Waals surface area contributed by atoms with E-state index in [1.54, 1.807) is 30.3 Å². The Hall–Kier alpha value is -5.64. The van der Waals surface area contributed by atoms with Crippen molar-refractivity contribution in [3.8, 4) is 34.1 Å². The predicted molar refractivity (Wildman–Crippen MR) is 194 cm³/mol. The third kappa shape index (κ3) is 8.84. The van der Waals surface area contributed by atoms with Crippen LogP contribution in [0.25, 0.3) is 44.6 Å². The molecule has 0 amide bonds. The summed E-state index contributed by atoms with van der Waals surface area (Å²) in [5.74, 6) is 2.23. The van der Waals surface area contributed by atoms with E-state index in [1.807, 2.05) is 99.5 Å². The average Bonchev–Trinajstić information content (AvgIpc) is 3.10. The van der Waals surface area contributed by atoms with E-state index in [4.69, 9.17) is 18.3 Å². The maximum atomic E-state index is 12.5. The van der Waals surface area contributed by atoms with Gasteiger partial charge in [-0.2, -0.15) is 0 Å². The second kappa shape index (κ2) is 16.5. The minimum Gasteiger partial charge on any atom is -0.494 e. The van der Waals surface area contributed by atoms with Crippen LogP contribution in [0.4, 0.5) is 20.5 Å². The molecule has 0 fully saturated rings. The molecule has 49 heavy (non-hydrogen) atoms. The topological polar surface area (TPSA) is 85.4 Å². The van der Waals surface area contributed by atoms with E-state index in [0.717, 1.165) is 28.9 Å². The van der Waals surface area contributed by atoms with Gasteiger partial charge in [0.15, 0.2) is 10.9 Å². The Labute approximate surface area is 283 Å². The Balaban J connectivity index is 0.000000216. The number of hydrogen-bond donors (Lipinski definition) is 0. The molecule has 0 saturated carbocycles. The molecule has 6 rings (SSSR count). The van der Waals surface area contributed by atoms with Gasteiger partial charge in [0.05, 0.1) is 17.4 Å². The van der Waals surface area contributed by atoms with Crippen LogP contribution in [0.2, 0.25) is 0 Å². The van der Waals surface area contributed by atoms with E-state index in [-0.39, 0.29) is 22.2 Å². The standard InChI is InChI=1S/C20H21NO3.C19H18FNO3.FH/c1-4-11-23-16-9-10-19-17(12-16)18(22)13-20(24-19)14-5-7-15(8-6-14)21(2)3;1-21(2)14-5-3-13(4-6-14)19-12-17(22)16-11-15(23-10-9-20)7-8-18(16)24-19;/h5-10,12-13H,4,11H2,1-3H3;3-8,11-12H,9-10H2,1-2H3;1H/i;20-1;. The Morgan fingerprint density at radius 1 is 0.592 bits per heavy atom. The van der Waals surface area contributed by atoms with Crippen LogP contribution in [-0.4, -0.2) is 48.1 Å². The molecular weight excluding hydrogens is 629 g/mol. The number of alkyl halides is 1. The zero-order valence-corrected chi connectivity index (χ0v) is 28.2. The number of benzene rings is 4. The summed E-state index contributed by atoms with van der Waals surface area (Å²) >= 11 is 0. The van der Waals surface area contributed by atoms with Gasteiger partial charge in [-0.25, -0.2) is 4.39 Å². The van der Waals surface area contributed by atoms with E-state index < -0.39 is 6.67 Å². The lowest BCUT2D eigenvalue weighted by Crippen LogP contribution is -2.08. The lowest BCUT2D eigenvalue weighted by molar-refractivity contribution is 0.273. The van der Waals surface area contributed by atoms with Crippen LogP contribution in [0, 0.1) is 0 Å². The molecule has 0 N–H and O–H groups in total. The lowest BCUT2D eigenvalue weighted by Gasteiger charge is -2.12. The first-order valence-corrected chi connectivity index (χ1v) is 15.7. The number of hydrogen-bond acceptors (Lipinski definition) is 8. The highest BCUT2D eigenvalue weighted by molar-refractivity contribution is 5.81. The van der Waals surface area contributed by atoms with Gasteiger partial charge in [-0.3, -0.25) is 14.3 Å². The summed E-state index contributed by atoms with van der Waals surface area (Å²) in [6.45, 7) is 2.07. The zero-order chi connectivity index (χ0) is 34.2. The molecule has 0 aliphatic carbocycles. The Morgan fingerprint density at radius 3 is 1.37 bits per heavy atom. The molecule has 0 atom stereocenters. The predicted octanol–water partition coefficient (Wildman–Crippen LogP) is 8.34. The summed E-state index contributed by atoms with van der Waals surface area (Å²) in [4.78, 5) is 28.9. The van der Waals surface area contributed by atoms with Gasteiger partial charge in [0, 0.05) is 62.8 Å². The highest BCUT2D eigenvalue weighted by Crippen LogP contribution is 2.28. The van der Waals surface area contributed by atoms with Gasteiger partial charge < -0.3 is 28.1 Å². The third-order valence-corrected chi connectivity index (χ3v) is 7.55. The smallest absolute Gasteiger partial charge is 0.193 e. The van der Waals surface area contributed by atoms with Gasteiger partial charge in [-0.15, -0.1) is 0 Å². The molecule has 0 unspecified atom stereocenters. The lowest BCUT2D eigenvalue weighted by atomic mass is 10.1. The number of nitrogens with zero attached hydrogens (tertiary/aromatic N) is 2. The molecule has 2 aromatic heterocycles. The van der Waals surface area contributed by atoms with Crippen LogP contribution in [0.3, 0.4) is 0 Å². The summed E-state index contributed by atoms with van der Waals surface area (Å²) in [5, 5.41) is 0.956. The largest absolute Gasteiger partial charge is 0.494 e. The first kappa shape index (κ1) is 36.2. The molecule has 0 bridgehead atoms. The number of anilines is 2. The van der Waals surface area contributed by atoms with Gasteiger partial charge in [-0.1, -0.05) is 6.92 Å². The van der Waals surface area contributed by atoms with E-state index >= 15 is 0 Å². The van der Waals surface area contributed by atoms with Crippen molar-refractivity contribution in [3.63, 3.8) is 0 Å². The Kier molecular flexibility index (Phi) is 12.2. The fourth-order valence-corrected chi connectivity index (χ4v) is 4.96. The molecule has 2 heterocycles. The van der Waals surface area contributed by atoms with Crippen molar-refractivity contribution in [2.24, 2.45) is 0 Å². The van der Waals surface area contributed by atoms with Gasteiger partial charge in [0.2, 0.25) is 0 Å². The second-order valence-corrected chi connectivity index (χ2v) is 11.5.